The Morgan fingerprint density at radius 3 is 1.85 bits per heavy atom. The topological polar surface area (TPSA) is 70.2 Å². The Morgan fingerprint density at radius 1 is 0.758 bits per heavy atom. The summed E-state index contributed by atoms with van der Waals surface area (Å²) < 4.78 is 37.9. The molecule has 1 aliphatic heterocycles. The second kappa shape index (κ2) is 9.89. The average Bonchev–Trinajstić information content (AvgIpc) is 3.09. The molecule has 0 unspecified atom stereocenters. The van der Waals surface area contributed by atoms with Crippen LogP contribution in [-0.4, -0.2) is 29.3 Å². The monoisotopic (exact) mass is 455 g/mol. The minimum atomic E-state index is -4.42. The van der Waals surface area contributed by atoms with E-state index in [9.17, 15) is 18.0 Å². The smallest absolute Gasteiger partial charge is 0.355 e. The molecule has 0 spiro atoms. The summed E-state index contributed by atoms with van der Waals surface area (Å²) >= 11 is 0. The van der Waals surface area contributed by atoms with E-state index in [1.54, 1.807) is 12.1 Å². The predicted octanol–water partition coefficient (Wildman–Crippen LogP) is 6.19. The lowest BCUT2D eigenvalue weighted by Crippen LogP contribution is -2.25. The molecule has 4 rings (SSSR count). The number of carbonyl (C=O) groups excluding carboxylic acids is 1. The van der Waals surface area contributed by atoms with Gasteiger partial charge in [-0.25, -0.2) is 4.79 Å². The van der Waals surface area contributed by atoms with Crippen LogP contribution in [-0.2, 0) is 6.18 Å². The third-order valence-corrected chi connectivity index (χ3v) is 5.49. The lowest BCUT2D eigenvalue weighted by molar-refractivity contribution is -0.137. The first-order valence-corrected chi connectivity index (χ1v) is 10.8. The van der Waals surface area contributed by atoms with E-state index in [4.69, 9.17) is 0 Å². The predicted molar refractivity (Wildman–Crippen MR) is 122 cm³/mol. The van der Waals surface area contributed by atoms with Crippen LogP contribution in [0.2, 0.25) is 0 Å². The van der Waals surface area contributed by atoms with Crippen molar-refractivity contribution in [3.05, 3.63) is 66.2 Å². The van der Waals surface area contributed by atoms with Gasteiger partial charge in [-0.05, 0) is 61.4 Å². The lowest BCUT2D eigenvalue weighted by atomic mass is 10.1. The van der Waals surface area contributed by atoms with Crippen LogP contribution in [0, 0.1) is 0 Å². The van der Waals surface area contributed by atoms with Gasteiger partial charge in [-0.2, -0.15) is 13.2 Å². The van der Waals surface area contributed by atoms with E-state index in [-0.39, 0.29) is 5.69 Å². The highest BCUT2D eigenvalue weighted by Gasteiger charge is 2.30. The van der Waals surface area contributed by atoms with Gasteiger partial charge in [0.15, 0.2) is 5.82 Å². The van der Waals surface area contributed by atoms with Gasteiger partial charge in [0.25, 0.3) is 0 Å². The summed E-state index contributed by atoms with van der Waals surface area (Å²) in [6, 6.07) is 14.7. The average molecular weight is 455 g/mol. The molecule has 1 saturated heterocycles. The van der Waals surface area contributed by atoms with Crippen molar-refractivity contribution in [2.75, 3.05) is 28.6 Å². The minimum Gasteiger partial charge on any atom is -0.355 e. The molecule has 9 heteroatoms. The molecule has 1 fully saturated rings. The van der Waals surface area contributed by atoms with Crippen molar-refractivity contribution in [1.82, 2.24) is 10.2 Å². The van der Waals surface area contributed by atoms with Gasteiger partial charge < -0.3 is 15.5 Å². The number of benzene rings is 2. The van der Waals surface area contributed by atoms with E-state index in [0.717, 1.165) is 42.3 Å². The van der Waals surface area contributed by atoms with Gasteiger partial charge in [-0.3, -0.25) is 0 Å². The third kappa shape index (κ3) is 6.00. The normalized spacial score (nSPS) is 14.5. The van der Waals surface area contributed by atoms with E-state index < -0.39 is 17.8 Å². The van der Waals surface area contributed by atoms with Crippen LogP contribution in [0.5, 0.6) is 0 Å². The second-order valence-electron chi connectivity index (χ2n) is 7.91. The highest BCUT2D eigenvalue weighted by molar-refractivity contribution is 5.99. The van der Waals surface area contributed by atoms with Crippen molar-refractivity contribution in [1.29, 1.82) is 0 Å². The maximum Gasteiger partial charge on any atom is 0.416 e. The number of halogens is 3. The number of hydrogen-bond acceptors (Lipinski definition) is 4. The summed E-state index contributed by atoms with van der Waals surface area (Å²) in [5, 5.41) is 13.9. The van der Waals surface area contributed by atoms with Crippen LogP contribution in [0.1, 0.15) is 31.2 Å². The van der Waals surface area contributed by atoms with E-state index in [2.05, 4.69) is 25.7 Å². The van der Waals surface area contributed by atoms with E-state index in [0.29, 0.717) is 5.69 Å². The van der Waals surface area contributed by atoms with E-state index >= 15 is 0 Å². The van der Waals surface area contributed by atoms with E-state index in [1.165, 1.54) is 37.8 Å². The summed E-state index contributed by atoms with van der Waals surface area (Å²) in [7, 11) is 0. The molecule has 6 nitrogen and oxygen atoms in total. The van der Waals surface area contributed by atoms with Crippen molar-refractivity contribution < 1.29 is 18.0 Å². The first-order valence-electron chi connectivity index (χ1n) is 10.8. The van der Waals surface area contributed by atoms with Crippen LogP contribution >= 0.6 is 0 Å². The SMILES string of the molecule is O=C(Nc1ccc(-c2ccc(N3CCCCCC3)nn2)cc1)Nc1ccc(C(F)(F)F)cc1. The van der Waals surface area contributed by atoms with Crippen LogP contribution in [0.25, 0.3) is 11.3 Å². The molecular weight excluding hydrogens is 431 g/mol. The molecule has 33 heavy (non-hydrogen) atoms. The quantitative estimate of drug-likeness (QED) is 0.492. The van der Waals surface area contributed by atoms with Crippen molar-refractivity contribution in [2.24, 2.45) is 0 Å². The Kier molecular flexibility index (Phi) is 6.76. The molecule has 0 bridgehead atoms. The van der Waals surface area contributed by atoms with Gasteiger partial charge in [-0.1, -0.05) is 25.0 Å². The molecule has 2 heterocycles. The van der Waals surface area contributed by atoms with Crippen molar-refractivity contribution in [3.63, 3.8) is 0 Å². The minimum absolute atomic E-state index is 0.261. The number of hydrogen-bond donors (Lipinski definition) is 2. The van der Waals surface area contributed by atoms with Crippen molar-refractivity contribution in [2.45, 2.75) is 31.9 Å². The molecule has 2 amide bonds. The zero-order valence-corrected chi connectivity index (χ0v) is 17.9. The van der Waals surface area contributed by atoms with Crippen molar-refractivity contribution in [3.8, 4) is 11.3 Å². The fourth-order valence-electron chi connectivity index (χ4n) is 3.71. The molecule has 3 aromatic rings. The number of aromatic nitrogens is 2. The summed E-state index contributed by atoms with van der Waals surface area (Å²) in [6.45, 7) is 2.01. The fourth-order valence-corrected chi connectivity index (χ4v) is 3.71. The van der Waals surface area contributed by atoms with Gasteiger partial charge in [0.05, 0.1) is 11.3 Å². The standard InChI is InChI=1S/C24H24F3N5O/c25-24(26,27)18-7-11-20(12-8-18)29-23(33)28-19-9-5-17(6-10-19)21-13-14-22(31-30-21)32-15-3-1-2-4-16-32/h5-14H,1-4,15-16H2,(H2,28,29,33). The first kappa shape index (κ1) is 22.6. The molecule has 0 atom stereocenters. The number of amides is 2. The van der Waals surface area contributed by atoms with Crippen LogP contribution in [0.3, 0.4) is 0 Å². The van der Waals surface area contributed by atoms with Gasteiger partial charge >= 0.3 is 12.2 Å². The molecule has 2 aromatic carbocycles. The zero-order valence-electron chi connectivity index (χ0n) is 17.9. The molecule has 0 aliphatic carbocycles. The maximum absolute atomic E-state index is 12.6. The molecular formula is C24H24F3N5O. The second-order valence-corrected chi connectivity index (χ2v) is 7.91. The number of carbonyl (C=O) groups is 1. The molecule has 1 aliphatic rings. The zero-order chi connectivity index (χ0) is 23.3. The molecule has 1 aromatic heterocycles. The highest BCUT2D eigenvalue weighted by Crippen LogP contribution is 2.30. The molecule has 172 valence electrons. The summed E-state index contributed by atoms with van der Waals surface area (Å²) in [5.41, 5.74) is 1.62. The number of alkyl halides is 3. The lowest BCUT2D eigenvalue weighted by Gasteiger charge is -2.20. The molecule has 0 saturated carbocycles. The Hall–Kier alpha value is -3.62. The number of rotatable bonds is 4. The number of nitrogens with one attached hydrogen (secondary N) is 2. The Morgan fingerprint density at radius 2 is 1.33 bits per heavy atom. The Labute approximate surface area is 189 Å². The maximum atomic E-state index is 12.6. The van der Waals surface area contributed by atoms with Crippen LogP contribution in [0.4, 0.5) is 35.2 Å². The first-order chi connectivity index (χ1) is 15.9. The summed E-state index contributed by atoms with van der Waals surface area (Å²) in [4.78, 5) is 14.4. The fraction of sp³-hybridized carbons (Fsp3) is 0.292. The summed E-state index contributed by atoms with van der Waals surface area (Å²) in [5.74, 6) is 0.888. The van der Waals surface area contributed by atoms with Crippen molar-refractivity contribution >= 4 is 23.2 Å². The van der Waals surface area contributed by atoms with Gasteiger partial charge in [0.2, 0.25) is 0 Å². The number of urea groups is 1. The van der Waals surface area contributed by atoms with Crippen LogP contribution < -0.4 is 15.5 Å². The molecule has 0 radical (unpaired) electrons. The highest BCUT2D eigenvalue weighted by atomic mass is 19.4. The Balaban J connectivity index is 1.34. The molecule has 2 N–H and O–H groups in total. The number of anilines is 3. The number of nitrogens with zero attached hydrogens (tertiary/aromatic N) is 3. The third-order valence-electron chi connectivity index (χ3n) is 5.49. The van der Waals surface area contributed by atoms with Gasteiger partial charge in [0, 0.05) is 30.0 Å². The van der Waals surface area contributed by atoms with E-state index in [1.807, 2.05) is 24.3 Å². The van der Waals surface area contributed by atoms with Crippen LogP contribution in [0.15, 0.2) is 60.7 Å². The largest absolute Gasteiger partial charge is 0.416 e. The summed E-state index contributed by atoms with van der Waals surface area (Å²) in [6.07, 6.45) is 0.435. The van der Waals surface area contributed by atoms with Gasteiger partial charge in [-0.15, -0.1) is 10.2 Å². The van der Waals surface area contributed by atoms with Gasteiger partial charge in [0.1, 0.15) is 0 Å². The Bertz CT molecular complexity index is 1060.